The molecule has 10 heavy (non-hydrogen) atoms. The van der Waals surface area contributed by atoms with Crippen LogP contribution in [0.25, 0.3) is 0 Å². The lowest BCUT2D eigenvalue weighted by Crippen LogP contribution is -2.31. The van der Waals surface area contributed by atoms with Gasteiger partial charge < -0.3 is 10.2 Å². The summed E-state index contributed by atoms with van der Waals surface area (Å²) >= 11 is 0. The van der Waals surface area contributed by atoms with Crippen LogP contribution in [-0.4, -0.2) is 29.1 Å². The monoisotopic (exact) mass is 148 g/mol. The third kappa shape index (κ3) is 2.94. The highest BCUT2D eigenvalue weighted by molar-refractivity contribution is 4.81. The molecule has 0 rings (SSSR count). The molecule has 0 aliphatic carbocycles. The quantitative estimate of drug-likeness (QED) is 0.562. The Balaban J connectivity index is 3.68. The Kier molecular flexibility index (Phi) is 4.23. The first kappa shape index (κ1) is 9.59. The molecule has 0 saturated heterocycles. The van der Waals surface area contributed by atoms with Crippen molar-refractivity contribution < 1.29 is 14.6 Å². The van der Waals surface area contributed by atoms with Crippen LogP contribution in [0.15, 0.2) is 12.7 Å². The summed E-state index contributed by atoms with van der Waals surface area (Å²) in [4.78, 5) is 0. The van der Waals surface area contributed by atoms with Gasteiger partial charge in [0.1, 0.15) is 0 Å². The minimum absolute atomic E-state index is 0.128. The number of aliphatic hydroxyl groups is 2. The standard InChI is InChI=1S/C7H13FO2/c1-2-3-4-7(8,5-9)6-10/h2,9-10H,1,3-6H2. The molecule has 0 fully saturated rings. The first-order valence-electron chi connectivity index (χ1n) is 3.20. The molecule has 2 N–H and O–H groups in total. The van der Waals surface area contributed by atoms with E-state index < -0.39 is 18.9 Å². The van der Waals surface area contributed by atoms with Crippen LogP contribution in [0, 0.1) is 0 Å². The highest BCUT2D eigenvalue weighted by Crippen LogP contribution is 2.16. The summed E-state index contributed by atoms with van der Waals surface area (Å²) < 4.78 is 12.9. The number of hydrogen-bond acceptors (Lipinski definition) is 2. The molecule has 3 heteroatoms. The minimum atomic E-state index is -1.83. The Hall–Kier alpha value is -0.410. The van der Waals surface area contributed by atoms with Crippen molar-refractivity contribution in [1.29, 1.82) is 0 Å². The average Bonchev–Trinajstić information content (AvgIpc) is 2.00. The zero-order chi connectivity index (χ0) is 8.04. The van der Waals surface area contributed by atoms with E-state index in [4.69, 9.17) is 10.2 Å². The van der Waals surface area contributed by atoms with Crippen LogP contribution in [0.2, 0.25) is 0 Å². The molecule has 0 atom stereocenters. The molecule has 0 aromatic heterocycles. The second kappa shape index (κ2) is 4.41. The summed E-state index contributed by atoms with van der Waals surface area (Å²) in [5.74, 6) is 0. The predicted molar refractivity (Wildman–Crippen MR) is 37.4 cm³/mol. The maximum absolute atomic E-state index is 12.9. The second-order valence-electron chi connectivity index (χ2n) is 2.29. The van der Waals surface area contributed by atoms with E-state index in [-0.39, 0.29) is 6.42 Å². The maximum Gasteiger partial charge on any atom is 0.157 e. The Bertz CT molecular complexity index is 99.8. The smallest absolute Gasteiger partial charge is 0.157 e. The highest BCUT2D eigenvalue weighted by atomic mass is 19.1. The van der Waals surface area contributed by atoms with E-state index in [1.807, 2.05) is 0 Å². The van der Waals surface area contributed by atoms with Crippen molar-refractivity contribution in [3.63, 3.8) is 0 Å². The first-order valence-corrected chi connectivity index (χ1v) is 3.20. The summed E-state index contributed by atoms with van der Waals surface area (Å²) in [7, 11) is 0. The third-order valence-electron chi connectivity index (χ3n) is 1.36. The Morgan fingerprint density at radius 2 is 1.90 bits per heavy atom. The van der Waals surface area contributed by atoms with Gasteiger partial charge in [-0.2, -0.15) is 0 Å². The number of hydrogen-bond donors (Lipinski definition) is 2. The Morgan fingerprint density at radius 1 is 1.40 bits per heavy atom. The van der Waals surface area contributed by atoms with Gasteiger partial charge in [-0.05, 0) is 12.8 Å². The lowest BCUT2D eigenvalue weighted by Gasteiger charge is -2.18. The normalized spacial score (nSPS) is 11.5. The van der Waals surface area contributed by atoms with Gasteiger partial charge in [0.25, 0.3) is 0 Å². The van der Waals surface area contributed by atoms with E-state index in [9.17, 15) is 4.39 Å². The van der Waals surface area contributed by atoms with Crippen molar-refractivity contribution in [3.05, 3.63) is 12.7 Å². The fourth-order valence-corrected chi connectivity index (χ4v) is 0.569. The van der Waals surface area contributed by atoms with Crippen molar-refractivity contribution >= 4 is 0 Å². The van der Waals surface area contributed by atoms with E-state index >= 15 is 0 Å². The zero-order valence-corrected chi connectivity index (χ0v) is 5.89. The number of aliphatic hydroxyl groups excluding tert-OH is 2. The average molecular weight is 148 g/mol. The van der Waals surface area contributed by atoms with Gasteiger partial charge in [0.15, 0.2) is 5.67 Å². The summed E-state index contributed by atoms with van der Waals surface area (Å²) in [6, 6.07) is 0. The summed E-state index contributed by atoms with van der Waals surface area (Å²) in [5.41, 5.74) is -1.83. The summed E-state index contributed by atoms with van der Waals surface area (Å²) in [5, 5.41) is 16.9. The molecule has 0 bridgehead atoms. The van der Waals surface area contributed by atoms with Gasteiger partial charge >= 0.3 is 0 Å². The van der Waals surface area contributed by atoms with Crippen molar-refractivity contribution in [2.75, 3.05) is 13.2 Å². The van der Waals surface area contributed by atoms with Crippen LogP contribution in [0.4, 0.5) is 4.39 Å². The van der Waals surface area contributed by atoms with Crippen molar-refractivity contribution in [2.45, 2.75) is 18.5 Å². The minimum Gasteiger partial charge on any atom is -0.393 e. The molecule has 0 radical (unpaired) electrons. The zero-order valence-electron chi connectivity index (χ0n) is 5.89. The van der Waals surface area contributed by atoms with E-state index in [0.717, 1.165) is 0 Å². The van der Waals surface area contributed by atoms with Crippen LogP contribution >= 0.6 is 0 Å². The lowest BCUT2D eigenvalue weighted by molar-refractivity contribution is 0.0105. The van der Waals surface area contributed by atoms with E-state index in [2.05, 4.69) is 6.58 Å². The van der Waals surface area contributed by atoms with Crippen LogP contribution in [0.1, 0.15) is 12.8 Å². The maximum atomic E-state index is 12.9. The molecule has 0 spiro atoms. The molecule has 2 nitrogen and oxygen atoms in total. The summed E-state index contributed by atoms with van der Waals surface area (Å²) in [6.45, 7) is 2.15. The van der Waals surface area contributed by atoms with Gasteiger partial charge in [-0.1, -0.05) is 6.08 Å². The molecule has 60 valence electrons. The molecule has 0 aliphatic heterocycles. The van der Waals surface area contributed by atoms with Gasteiger partial charge in [0, 0.05) is 0 Å². The van der Waals surface area contributed by atoms with Crippen molar-refractivity contribution in [1.82, 2.24) is 0 Å². The topological polar surface area (TPSA) is 40.5 Å². The predicted octanol–water partition coefficient (Wildman–Crippen LogP) is 0.645. The van der Waals surface area contributed by atoms with Crippen LogP contribution in [0.3, 0.4) is 0 Å². The van der Waals surface area contributed by atoms with Crippen LogP contribution < -0.4 is 0 Å². The number of halogens is 1. The van der Waals surface area contributed by atoms with E-state index in [0.29, 0.717) is 6.42 Å². The fourth-order valence-electron chi connectivity index (χ4n) is 0.569. The van der Waals surface area contributed by atoms with Gasteiger partial charge in [0.05, 0.1) is 13.2 Å². The van der Waals surface area contributed by atoms with Gasteiger partial charge in [0.2, 0.25) is 0 Å². The van der Waals surface area contributed by atoms with Crippen LogP contribution in [-0.2, 0) is 0 Å². The summed E-state index contributed by atoms with van der Waals surface area (Å²) in [6.07, 6.45) is 2.15. The molecule has 0 unspecified atom stereocenters. The van der Waals surface area contributed by atoms with Crippen molar-refractivity contribution in [3.8, 4) is 0 Å². The molecule has 0 aliphatic rings. The number of allylic oxidation sites excluding steroid dienone is 1. The van der Waals surface area contributed by atoms with Gasteiger partial charge in [-0.15, -0.1) is 6.58 Å². The van der Waals surface area contributed by atoms with Crippen LogP contribution in [0.5, 0.6) is 0 Å². The molecule has 0 amide bonds. The first-order chi connectivity index (χ1) is 4.68. The Labute approximate surface area is 60.0 Å². The SMILES string of the molecule is C=CCCC(F)(CO)CO. The molecule has 0 aromatic carbocycles. The molecular formula is C7H13FO2. The highest BCUT2D eigenvalue weighted by Gasteiger charge is 2.26. The van der Waals surface area contributed by atoms with E-state index in [1.54, 1.807) is 6.08 Å². The lowest BCUT2D eigenvalue weighted by atomic mass is 10.0. The number of rotatable bonds is 5. The van der Waals surface area contributed by atoms with E-state index in [1.165, 1.54) is 0 Å². The second-order valence-corrected chi connectivity index (χ2v) is 2.29. The van der Waals surface area contributed by atoms with Crippen molar-refractivity contribution in [2.24, 2.45) is 0 Å². The van der Waals surface area contributed by atoms with Gasteiger partial charge in [-0.25, -0.2) is 4.39 Å². The molecular weight excluding hydrogens is 135 g/mol. The molecule has 0 saturated carbocycles. The largest absolute Gasteiger partial charge is 0.393 e. The molecule has 0 heterocycles. The third-order valence-corrected chi connectivity index (χ3v) is 1.36. The Morgan fingerprint density at radius 3 is 2.20 bits per heavy atom. The fraction of sp³-hybridized carbons (Fsp3) is 0.714. The molecule has 0 aromatic rings. The number of alkyl halides is 1. The van der Waals surface area contributed by atoms with Gasteiger partial charge in [-0.3, -0.25) is 0 Å².